The zero-order chi connectivity index (χ0) is 18.4. The minimum atomic E-state index is -0.0269. The van der Waals surface area contributed by atoms with Crippen molar-refractivity contribution in [1.29, 1.82) is 0 Å². The van der Waals surface area contributed by atoms with Gasteiger partial charge in [-0.05, 0) is 18.1 Å². The van der Waals surface area contributed by atoms with Crippen LogP contribution in [0.1, 0.15) is 19.6 Å². The Morgan fingerprint density at radius 1 is 1.23 bits per heavy atom. The summed E-state index contributed by atoms with van der Waals surface area (Å²) in [7, 11) is 5.41. The van der Waals surface area contributed by atoms with Crippen molar-refractivity contribution in [2.75, 3.05) is 34.2 Å². The Morgan fingerprint density at radius 3 is 2.54 bits per heavy atom. The monoisotopic (exact) mass is 472 g/mol. The molecule has 144 valence electrons. The Bertz CT molecular complexity index is 707. The van der Waals surface area contributed by atoms with Crippen molar-refractivity contribution in [1.82, 2.24) is 15.1 Å². The molecule has 2 aromatic rings. The van der Waals surface area contributed by atoms with Crippen LogP contribution in [-0.2, 0) is 11.3 Å². The average Bonchev–Trinajstić information content (AvgIpc) is 2.96. The topological polar surface area (TPSA) is 61.1 Å². The van der Waals surface area contributed by atoms with Gasteiger partial charge in [0.05, 0.1) is 6.54 Å². The molecule has 26 heavy (non-hydrogen) atoms. The van der Waals surface area contributed by atoms with Gasteiger partial charge in [-0.1, -0.05) is 32.0 Å². The number of carbonyl (C=O) groups excluding carboxylic acids is 1. The maximum atomic E-state index is 11.8. The zero-order valence-corrected chi connectivity index (χ0v) is 18.5. The Kier molecular flexibility index (Phi) is 8.91. The zero-order valence-electron chi connectivity index (χ0n) is 16.2. The van der Waals surface area contributed by atoms with E-state index in [1.54, 1.807) is 19.0 Å². The molecular weight excluding hydrogens is 443 g/mol. The maximum Gasteiger partial charge on any atom is 0.243 e. The quantitative estimate of drug-likeness (QED) is 0.399. The van der Waals surface area contributed by atoms with Crippen molar-refractivity contribution in [3.8, 4) is 0 Å². The molecule has 2 rings (SSSR count). The molecule has 6 nitrogen and oxygen atoms in total. The summed E-state index contributed by atoms with van der Waals surface area (Å²) in [4.78, 5) is 19.8. The Balaban J connectivity index is 0.00000338. The van der Waals surface area contributed by atoms with Crippen molar-refractivity contribution >= 4 is 46.8 Å². The molecular formula is C19H29IN4O2. The van der Waals surface area contributed by atoms with Crippen LogP contribution in [0.2, 0.25) is 0 Å². The molecule has 0 aliphatic carbocycles. The van der Waals surface area contributed by atoms with Crippen LogP contribution >= 0.6 is 24.0 Å². The van der Waals surface area contributed by atoms with Crippen molar-refractivity contribution in [3.63, 3.8) is 0 Å². The van der Waals surface area contributed by atoms with Crippen LogP contribution in [0.25, 0.3) is 11.0 Å². The predicted molar refractivity (Wildman–Crippen MR) is 117 cm³/mol. The maximum absolute atomic E-state index is 11.8. The van der Waals surface area contributed by atoms with Crippen LogP contribution < -0.4 is 5.32 Å². The van der Waals surface area contributed by atoms with Crippen LogP contribution in [-0.4, -0.2) is 55.9 Å². The number of halogens is 1. The summed E-state index contributed by atoms with van der Waals surface area (Å²) in [6.45, 7) is 5.76. The number of para-hydroxylation sites is 1. The molecule has 0 atom stereocenters. The molecule has 1 aromatic heterocycles. The van der Waals surface area contributed by atoms with Crippen molar-refractivity contribution in [3.05, 3.63) is 36.1 Å². The first-order valence-corrected chi connectivity index (χ1v) is 8.54. The fraction of sp³-hybridized carbons (Fsp3) is 0.474. The van der Waals surface area contributed by atoms with Gasteiger partial charge in [-0.25, -0.2) is 4.99 Å². The van der Waals surface area contributed by atoms with Gasteiger partial charge in [-0.3, -0.25) is 4.79 Å². The smallest absolute Gasteiger partial charge is 0.243 e. The lowest BCUT2D eigenvalue weighted by Gasteiger charge is -2.22. The number of amides is 1. The third-order valence-electron chi connectivity index (χ3n) is 3.76. The number of guanidine groups is 1. The first-order chi connectivity index (χ1) is 11.9. The highest BCUT2D eigenvalue weighted by molar-refractivity contribution is 14.0. The first-order valence-electron chi connectivity index (χ1n) is 8.54. The van der Waals surface area contributed by atoms with E-state index >= 15 is 0 Å². The number of nitrogens with one attached hydrogen (secondary N) is 1. The highest BCUT2D eigenvalue weighted by Crippen LogP contribution is 2.19. The second-order valence-electron chi connectivity index (χ2n) is 6.81. The molecule has 1 heterocycles. The van der Waals surface area contributed by atoms with E-state index in [0.29, 0.717) is 18.4 Å². The molecule has 0 aliphatic rings. The van der Waals surface area contributed by atoms with Crippen LogP contribution in [0, 0.1) is 5.92 Å². The second kappa shape index (κ2) is 10.4. The molecule has 0 saturated carbocycles. The lowest BCUT2D eigenvalue weighted by atomic mass is 10.2. The highest BCUT2D eigenvalue weighted by Gasteiger charge is 2.12. The lowest BCUT2D eigenvalue weighted by molar-refractivity contribution is -0.127. The number of fused-ring (bicyclic) bond motifs is 1. The number of furan rings is 1. The van der Waals surface area contributed by atoms with Crippen molar-refractivity contribution < 1.29 is 9.21 Å². The van der Waals surface area contributed by atoms with Crippen LogP contribution in [0.4, 0.5) is 0 Å². The summed E-state index contributed by atoms with van der Waals surface area (Å²) in [5.41, 5.74) is 0.877. The third-order valence-corrected chi connectivity index (χ3v) is 3.76. The summed E-state index contributed by atoms with van der Waals surface area (Å²) < 4.78 is 5.88. The minimum Gasteiger partial charge on any atom is -0.459 e. The molecule has 1 N–H and O–H groups in total. The fourth-order valence-electron chi connectivity index (χ4n) is 2.31. The van der Waals surface area contributed by atoms with E-state index in [-0.39, 0.29) is 36.4 Å². The van der Waals surface area contributed by atoms with E-state index in [1.807, 2.05) is 42.3 Å². The van der Waals surface area contributed by atoms with Gasteiger partial charge in [0.2, 0.25) is 5.91 Å². The number of hydrogen-bond donors (Lipinski definition) is 1. The lowest BCUT2D eigenvalue weighted by Crippen LogP contribution is -2.41. The molecule has 0 aliphatic heterocycles. The molecule has 1 amide bonds. The second-order valence-corrected chi connectivity index (χ2v) is 6.81. The number of hydrogen-bond acceptors (Lipinski definition) is 3. The largest absolute Gasteiger partial charge is 0.459 e. The molecule has 7 heteroatoms. The van der Waals surface area contributed by atoms with Gasteiger partial charge in [0.25, 0.3) is 0 Å². The number of aliphatic imine (C=N–C) groups is 1. The van der Waals surface area contributed by atoms with Gasteiger partial charge < -0.3 is 19.5 Å². The molecule has 0 radical (unpaired) electrons. The van der Waals surface area contributed by atoms with Crippen LogP contribution in [0.3, 0.4) is 0 Å². The van der Waals surface area contributed by atoms with Crippen molar-refractivity contribution in [2.24, 2.45) is 10.9 Å². The predicted octanol–water partition coefficient (Wildman–Crippen LogP) is 3.17. The summed E-state index contributed by atoms with van der Waals surface area (Å²) in [6, 6.07) is 9.99. The molecule has 1 aromatic carbocycles. The van der Waals surface area contributed by atoms with E-state index in [4.69, 9.17) is 4.42 Å². The SMILES string of the molecule is CC(C)CNC(=NCC(=O)N(C)C)N(C)Cc1cc2ccccc2o1.I. The number of rotatable bonds is 6. The number of likely N-dealkylation sites (N-methyl/N-ethyl adjacent to an activating group) is 1. The van der Waals surface area contributed by atoms with E-state index in [0.717, 1.165) is 23.3 Å². The van der Waals surface area contributed by atoms with Gasteiger partial charge in [-0.2, -0.15) is 0 Å². The third kappa shape index (κ3) is 6.51. The number of nitrogens with zero attached hydrogens (tertiary/aromatic N) is 3. The van der Waals surface area contributed by atoms with Gasteiger partial charge >= 0.3 is 0 Å². The molecule has 0 spiro atoms. The number of carbonyl (C=O) groups is 1. The standard InChI is InChI=1S/C19H28N4O2.HI/c1-14(2)11-20-19(21-12-18(24)22(3)4)23(5)13-16-10-15-8-6-7-9-17(15)25-16;/h6-10,14H,11-13H2,1-5H3,(H,20,21);1H. The Labute approximate surface area is 172 Å². The van der Waals surface area contributed by atoms with E-state index in [1.165, 1.54) is 0 Å². The Morgan fingerprint density at radius 2 is 1.92 bits per heavy atom. The molecule has 0 unspecified atom stereocenters. The molecule has 0 fully saturated rings. The van der Waals surface area contributed by atoms with Gasteiger partial charge in [0.1, 0.15) is 17.9 Å². The van der Waals surface area contributed by atoms with Gasteiger partial charge in [0.15, 0.2) is 5.96 Å². The summed E-state index contributed by atoms with van der Waals surface area (Å²) in [5, 5.41) is 4.42. The first kappa shape index (κ1) is 22.3. The number of benzene rings is 1. The highest BCUT2D eigenvalue weighted by atomic mass is 127. The summed E-state index contributed by atoms with van der Waals surface area (Å²) in [6.07, 6.45) is 0. The van der Waals surface area contributed by atoms with Crippen molar-refractivity contribution in [2.45, 2.75) is 20.4 Å². The van der Waals surface area contributed by atoms with Crippen LogP contribution in [0.15, 0.2) is 39.7 Å². The summed E-state index contributed by atoms with van der Waals surface area (Å²) >= 11 is 0. The average molecular weight is 472 g/mol. The Hall–Kier alpha value is -1.77. The van der Waals surface area contributed by atoms with Crippen LogP contribution in [0.5, 0.6) is 0 Å². The minimum absolute atomic E-state index is 0. The molecule has 0 saturated heterocycles. The fourth-order valence-corrected chi connectivity index (χ4v) is 2.31. The van der Waals surface area contributed by atoms with E-state index in [2.05, 4.69) is 24.2 Å². The molecule has 0 bridgehead atoms. The van der Waals surface area contributed by atoms with E-state index < -0.39 is 0 Å². The summed E-state index contributed by atoms with van der Waals surface area (Å²) in [5.74, 6) is 2.02. The van der Waals surface area contributed by atoms with Gasteiger partial charge in [0, 0.05) is 33.1 Å². The van der Waals surface area contributed by atoms with E-state index in [9.17, 15) is 4.79 Å². The van der Waals surface area contributed by atoms with Gasteiger partial charge in [-0.15, -0.1) is 24.0 Å². The normalized spacial score (nSPS) is 11.4.